The van der Waals surface area contributed by atoms with Crippen molar-refractivity contribution in [3.8, 4) is 11.3 Å². The second-order valence-corrected chi connectivity index (χ2v) is 7.12. The molecule has 0 saturated carbocycles. The van der Waals surface area contributed by atoms with Gasteiger partial charge in [0.15, 0.2) is 5.82 Å². The lowest BCUT2D eigenvalue weighted by Crippen LogP contribution is -2.40. The zero-order chi connectivity index (χ0) is 19.7. The molecule has 5 nitrogen and oxygen atoms in total. The van der Waals surface area contributed by atoms with Crippen LogP contribution < -0.4 is 5.32 Å². The molecule has 8 heteroatoms. The average molecular weight is 387 g/mol. The van der Waals surface area contributed by atoms with E-state index in [4.69, 9.17) is 0 Å². The van der Waals surface area contributed by atoms with Crippen LogP contribution in [0.5, 0.6) is 0 Å². The van der Waals surface area contributed by atoms with Gasteiger partial charge in [-0.2, -0.15) is 13.2 Å². The minimum Gasteiger partial charge on any atom is -0.364 e. The first-order valence-electron chi connectivity index (χ1n) is 9.16. The van der Waals surface area contributed by atoms with Gasteiger partial charge in [-0.15, -0.1) is 10.2 Å². The molecule has 0 spiro atoms. The Morgan fingerprint density at radius 2 is 1.86 bits per heavy atom. The molecule has 1 fully saturated rings. The van der Waals surface area contributed by atoms with Crippen molar-refractivity contribution in [2.24, 2.45) is 0 Å². The molecule has 1 atom stereocenters. The number of anilines is 1. The normalized spacial score (nSPS) is 18.4. The highest BCUT2D eigenvalue weighted by atomic mass is 19.4. The van der Waals surface area contributed by atoms with Crippen molar-refractivity contribution < 1.29 is 13.2 Å². The molecule has 0 radical (unpaired) electrons. The Hall–Kier alpha value is -2.74. The standard InChI is InChI=1S/C20H20F3N5/c1-28-10-4-5-14(12-28)25-19-16-7-3-2-6-15(16)18(26-27-19)13-8-9-17(24-11-13)20(21,22)23/h2-3,6-9,11,14H,4-5,10,12H2,1H3,(H,25,27). The van der Waals surface area contributed by atoms with Gasteiger partial charge in [-0.05, 0) is 38.6 Å². The number of hydrogen-bond donors (Lipinski definition) is 1. The SMILES string of the molecule is CN1CCCC(Nc2nnc(-c3ccc(C(F)(F)F)nc3)c3ccccc23)C1. The van der Waals surface area contributed by atoms with Crippen LogP contribution in [-0.4, -0.2) is 46.3 Å². The van der Waals surface area contributed by atoms with Crippen molar-refractivity contribution >= 4 is 16.6 Å². The first kappa shape index (κ1) is 18.6. The Kier molecular flexibility index (Phi) is 4.89. The molecule has 1 aromatic carbocycles. The second-order valence-electron chi connectivity index (χ2n) is 7.12. The highest BCUT2D eigenvalue weighted by molar-refractivity contribution is 5.99. The summed E-state index contributed by atoms with van der Waals surface area (Å²) in [7, 11) is 2.10. The molecule has 1 unspecified atom stereocenters. The molecule has 1 aliphatic rings. The zero-order valence-electron chi connectivity index (χ0n) is 15.4. The van der Waals surface area contributed by atoms with E-state index in [9.17, 15) is 13.2 Å². The van der Waals surface area contributed by atoms with Gasteiger partial charge in [-0.25, -0.2) is 0 Å². The summed E-state index contributed by atoms with van der Waals surface area (Å²) in [5.41, 5.74) is 0.0945. The van der Waals surface area contributed by atoms with Gasteiger partial charge < -0.3 is 10.2 Å². The van der Waals surface area contributed by atoms with Gasteiger partial charge in [0.05, 0.1) is 0 Å². The number of benzene rings is 1. The molecule has 2 aromatic heterocycles. The number of likely N-dealkylation sites (N-methyl/N-ethyl adjacent to an activating group) is 1. The van der Waals surface area contributed by atoms with E-state index in [-0.39, 0.29) is 6.04 Å². The van der Waals surface area contributed by atoms with Crippen LogP contribution in [0.3, 0.4) is 0 Å². The molecule has 3 heterocycles. The molecule has 146 valence electrons. The second kappa shape index (κ2) is 7.35. The summed E-state index contributed by atoms with van der Waals surface area (Å²) in [6, 6.07) is 10.3. The first-order chi connectivity index (χ1) is 13.4. The maximum Gasteiger partial charge on any atom is 0.433 e. The summed E-state index contributed by atoms with van der Waals surface area (Å²) in [4.78, 5) is 5.82. The maximum absolute atomic E-state index is 12.8. The molecular weight excluding hydrogens is 367 g/mol. The number of piperidine rings is 1. The van der Waals surface area contributed by atoms with Gasteiger partial charge in [-0.3, -0.25) is 4.98 Å². The van der Waals surface area contributed by atoms with Crippen molar-refractivity contribution in [2.75, 3.05) is 25.5 Å². The molecule has 1 N–H and O–H groups in total. The summed E-state index contributed by atoms with van der Waals surface area (Å²) >= 11 is 0. The largest absolute Gasteiger partial charge is 0.433 e. The highest BCUT2D eigenvalue weighted by Crippen LogP contribution is 2.32. The Morgan fingerprint density at radius 1 is 1.07 bits per heavy atom. The van der Waals surface area contributed by atoms with Crippen molar-refractivity contribution in [3.63, 3.8) is 0 Å². The maximum atomic E-state index is 12.8. The summed E-state index contributed by atoms with van der Waals surface area (Å²) in [5.74, 6) is 0.694. The Balaban J connectivity index is 1.69. The molecule has 3 aromatic rings. The fourth-order valence-electron chi connectivity index (χ4n) is 3.60. The number of alkyl halides is 3. The van der Waals surface area contributed by atoms with Gasteiger partial charge in [0.1, 0.15) is 11.4 Å². The minimum absolute atomic E-state index is 0.287. The third kappa shape index (κ3) is 3.77. The number of likely N-dealkylation sites (tertiary alicyclic amines) is 1. The van der Waals surface area contributed by atoms with Crippen LogP contribution in [0.4, 0.5) is 19.0 Å². The number of nitrogens with one attached hydrogen (secondary N) is 1. The fourth-order valence-corrected chi connectivity index (χ4v) is 3.60. The monoisotopic (exact) mass is 387 g/mol. The van der Waals surface area contributed by atoms with Crippen molar-refractivity contribution in [1.82, 2.24) is 20.1 Å². The van der Waals surface area contributed by atoms with Gasteiger partial charge in [-0.1, -0.05) is 24.3 Å². The lowest BCUT2D eigenvalue weighted by molar-refractivity contribution is -0.141. The van der Waals surface area contributed by atoms with E-state index < -0.39 is 11.9 Å². The third-order valence-corrected chi connectivity index (χ3v) is 4.98. The fraction of sp³-hybridized carbons (Fsp3) is 0.350. The van der Waals surface area contributed by atoms with E-state index in [1.54, 1.807) is 0 Å². The van der Waals surface area contributed by atoms with E-state index in [1.165, 1.54) is 12.3 Å². The van der Waals surface area contributed by atoms with Crippen LogP contribution in [0.15, 0.2) is 42.6 Å². The average Bonchev–Trinajstić information content (AvgIpc) is 2.68. The minimum atomic E-state index is -4.47. The van der Waals surface area contributed by atoms with Gasteiger partial charge in [0.25, 0.3) is 0 Å². The number of halogens is 3. The van der Waals surface area contributed by atoms with E-state index >= 15 is 0 Å². The van der Waals surface area contributed by atoms with Gasteiger partial charge >= 0.3 is 6.18 Å². The number of rotatable bonds is 3. The molecule has 4 rings (SSSR count). The van der Waals surface area contributed by atoms with Crippen molar-refractivity contribution in [2.45, 2.75) is 25.1 Å². The Morgan fingerprint density at radius 3 is 2.54 bits per heavy atom. The van der Waals surface area contributed by atoms with Crippen LogP contribution in [0, 0.1) is 0 Å². The number of hydrogen-bond acceptors (Lipinski definition) is 5. The summed E-state index contributed by atoms with van der Waals surface area (Å²) in [5, 5.41) is 13.8. The predicted octanol–water partition coefficient (Wildman–Crippen LogP) is 4.22. The molecule has 1 aliphatic heterocycles. The van der Waals surface area contributed by atoms with Crippen LogP contribution in [0.2, 0.25) is 0 Å². The quantitative estimate of drug-likeness (QED) is 0.729. The topological polar surface area (TPSA) is 53.9 Å². The molecule has 0 bridgehead atoms. The number of aromatic nitrogens is 3. The zero-order valence-corrected chi connectivity index (χ0v) is 15.4. The molecule has 28 heavy (non-hydrogen) atoms. The lowest BCUT2D eigenvalue weighted by Gasteiger charge is -2.30. The summed E-state index contributed by atoms with van der Waals surface area (Å²) < 4.78 is 38.3. The van der Waals surface area contributed by atoms with Crippen LogP contribution in [-0.2, 0) is 6.18 Å². The van der Waals surface area contributed by atoms with Crippen LogP contribution in [0.1, 0.15) is 18.5 Å². The predicted molar refractivity (Wildman–Crippen MR) is 102 cm³/mol. The highest BCUT2D eigenvalue weighted by Gasteiger charge is 2.32. The van der Waals surface area contributed by atoms with E-state index in [0.717, 1.165) is 42.8 Å². The molecular formula is C20H20F3N5. The Labute approximate surface area is 160 Å². The molecule has 0 aliphatic carbocycles. The summed E-state index contributed by atoms with van der Waals surface area (Å²) in [6.45, 7) is 2.02. The van der Waals surface area contributed by atoms with Gasteiger partial charge in [0, 0.05) is 35.1 Å². The van der Waals surface area contributed by atoms with Crippen LogP contribution in [0.25, 0.3) is 22.0 Å². The lowest BCUT2D eigenvalue weighted by atomic mass is 10.0. The van der Waals surface area contributed by atoms with E-state index in [0.29, 0.717) is 17.1 Å². The smallest absolute Gasteiger partial charge is 0.364 e. The molecule has 0 amide bonds. The van der Waals surface area contributed by atoms with Gasteiger partial charge in [0.2, 0.25) is 0 Å². The first-order valence-corrected chi connectivity index (χ1v) is 9.16. The Bertz CT molecular complexity index is 972. The third-order valence-electron chi connectivity index (χ3n) is 4.98. The van der Waals surface area contributed by atoms with Crippen molar-refractivity contribution in [1.29, 1.82) is 0 Å². The van der Waals surface area contributed by atoms with E-state index in [2.05, 4.69) is 32.4 Å². The van der Waals surface area contributed by atoms with E-state index in [1.807, 2.05) is 24.3 Å². The van der Waals surface area contributed by atoms with Crippen molar-refractivity contribution in [3.05, 3.63) is 48.3 Å². The number of fused-ring (bicyclic) bond motifs is 1. The number of nitrogens with zero attached hydrogens (tertiary/aromatic N) is 4. The number of pyridine rings is 1. The summed E-state index contributed by atoms with van der Waals surface area (Å²) in [6.07, 6.45) is -1.09. The molecule has 1 saturated heterocycles. The van der Waals surface area contributed by atoms with Crippen LogP contribution >= 0.6 is 0 Å².